The molecular weight excluding hydrogens is 349 g/mol. The monoisotopic (exact) mass is 366 g/mol. The Labute approximate surface area is 147 Å². The minimum absolute atomic E-state index is 0.159. The lowest BCUT2D eigenvalue weighted by Crippen LogP contribution is -2.45. The minimum atomic E-state index is -4.58. The van der Waals surface area contributed by atoms with E-state index < -0.39 is 23.4 Å². The zero-order chi connectivity index (χ0) is 18.8. The van der Waals surface area contributed by atoms with Gasteiger partial charge in [-0.2, -0.15) is 13.2 Å². The molecule has 2 aromatic rings. The van der Waals surface area contributed by atoms with Crippen molar-refractivity contribution in [1.82, 2.24) is 5.32 Å². The highest BCUT2D eigenvalue weighted by Gasteiger charge is 2.36. The second-order valence-electron chi connectivity index (χ2n) is 5.98. The lowest BCUT2D eigenvalue weighted by molar-refractivity contribution is -0.136. The van der Waals surface area contributed by atoms with Gasteiger partial charge >= 0.3 is 12.2 Å². The number of benzene rings is 2. The van der Waals surface area contributed by atoms with Gasteiger partial charge in [-0.15, -0.1) is 0 Å². The van der Waals surface area contributed by atoms with Gasteiger partial charge in [0.15, 0.2) is 0 Å². The number of para-hydroxylation sites is 2. The molecule has 0 saturated heterocycles. The van der Waals surface area contributed by atoms with Crippen molar-refractivity contribution in [3.05, 3.63) is 59.7 Å². The number of carbonyl (C=O) groups excluding carboxylic acids is 1. The number of anilines is 1. The van der Waals surface area contributed by atoms with E-state index in [-0.39, 0.29) is 25.3 Å². The van der Waals surface area contributed by atoms with Gasteiger partial charge in [-0.1, -0.05) is 30.3 Å². The van der Waals surface area contributed by atoms with Crippen LogP contribution in [-0.2, 0) is 11.8 Å². The van der Waals surface area contributed by atoms with Crippen molar-refractivity contribution in [2.24, 2.45) is 0 Å². The molecule has 0 spiro atoms. The van der Waals surface area contributed by atoms with E-state index in [4.69, 9.17) is 4.74 Å². The lowest BCUT2D eigenvalue weighted by Gasteiger charge is -2.34. The number of hydrogen-bond donors (Lipinski definition) is 3. The highest BCUT2D eigenvalue weighted by Crippen LogP contribution is 2.37. The molecule has 2 aromatic carbocycles. The lowest BCUT2D eigenvalue weighted by atomic mass is 9.88. The minimum Gasteiger partial charge on any atom is -0.493 e. The third kappa shape index (κ3) is 3.75. The molecule has 0 bridgehead atoms. The maximum atomic E-state index is 13.0. The number of urea groups is 1. The summed E-state index contributed by atoms with van der Waals surface area (Å²) in [6, 6.07) is 10.8. The van der Waals surface area contributed by atoms with Crippen molar-refractivity contribution in [3.63, 3.8) is 0 Å². The molecular formula is C18H17F3N2O3. The van der Waals surface area contributed by atoms with Crippen LogP contribution in [0.5, 0.6) is 5.75 Å². The van der Waals surface area contributed by atoms with Crippen LogP contribution in [-0.4, -0.2) is 24.3 Å². The topological polar surface area (TPSA) is 70.6 Å². The smallest absolute Gasteiger partial charge is 0.418 e. The summed E-state index contributed by atoms with van der Waals surface area (Å²) in [4.78, 5) is 12.1. The van der Waals surface area contributed by atoms with E-state index in [1.807, 2.05) is 0 Å². The van der Waals surface area contributed by atoms with Gasteiger partial charge in [0, 0.05) is 12.0 Å². The molecule has 1 atom stereocenters. The van der Waals surface area contributed by atoms with Gasteiger partial charge in [0.1, 0.15) is 11.4 Å². The van der Waals surface area contributed by atoms with Crippen molar-refractivity contribution < 1.29 is 27.8 Å². The van der Waals surface area contributed by atoms with Gasteiger partial charge in [0.25, 0.3) is 0 Å². The fraction of sp³-hybridized carbons (Fsp3) is 0.278. The molecule has 0 saturated carbocycles. The molecule has 0 radical (unpaired) electrons. The van der Waals surface area contributed by atoms with Gasteiger partial charge in [-0.05, 0) is 18.2 Å². The zero-order valence-corrected chi connectivity index (χ0v) is 13.6. The summed E-state index contributed by atoms with van der Waals surface area (Å²) < 4.78 is 44.4. The van der Waals surface area contributed by atoms with Crippen molar-refractivity contribution in [2.45, 2.75) is 18.2 Å². The summed E-state index contributed by atoms with van der Waals surface area (Å²) in [5.41, 5.74) is -2.11. The van der Waals surface area contributed by atoms with E-state index in [0.717, 1.165) is 6.07 Å². The van der Waals surface area contributed by atoms with Gasteiger partial charge in [0.05, 0.1) is 24.4 Å². The van der Waals surface area contributed by atoms with Crippen molar-refractivity contribution in [3.8, 4) is 5.75 Å². The van der Waals surface area contributed by atoms with Crippen molar-refractivity contribution in [1.29, 1.82) is 0 Å². The molecule has 3 N–H and O–H groups in total. The molecule has 0 aliphatic carbocycles. The Balaban J connectivity index is 1.69. The zero-order valence-electron chi connectivity index (χ0n) is 13.6. The molecule has 138 valence electrons. The van der Waals surface area contributed by atoms with Crippen molar-refractivity contribution in [2.75, 3.05) is 18.5 Å². The third-order valence-corrected chi connectivity index (χ3v) is 4.18. The first kappa shape index (κ1) is 18.1. The second kappa shape index (κ2) is 6.87. The number of carbonyl (C=O) groups is 1. The molecule has 2 amide bonds. The standard InChI is InChI=1S/C18H17F3N2O3/c19-18(20,21)12-5-1-3-7-14(12)23-16(24)22-11-17(25)9-10-26-15-8-4-2-6-13(15)17/h1-8,25H,9-11H2,(H2,22,23,24)/t17-/m1/s1. The molecule has 26 heavy (non-hydrogen) atoms. The van der Waals surface area contributed by atoms with Crippen LogP contribution in [0.2, 0.25) is 0 Å². The first-order chi connectivity index (χ1) is 12.3. The van der Waals surface area contributed by atoms with E-state index >= 15 is 0 Å². The largest absolute Gasteiger partial charge is 0.493 e. The average molecular weight is 366 g/mol. The predicted molar refractivity (Wildman–Crippen MR) is 88.9 cm³/mol. The van der Waals surface area contributed by atoms with Gasteiger partial charge in [0.2, 0.25) is 0 Å². The van der Waals surface area contributed by atoms with Gasteiger partial charge in [-0.25, -0.2) is 4.79 Å². The van der Waals surface area contributed by atoms with E-state index in [2.05, 4.69) is 10.6 Å². The van der Waals surface area contributed by atoms with E-state index in [1.54, 1.807) is 24.3 Å². The highest BCUT2D eigenvalue weighted by atomic mass is 19.4. The van der Waals surface area contributed by atoms with E-state index in [9.17, 15) is 23.1 Å². The second-order valence-corrected chi connectivity index (χ2v) is 5.98. The summed E-state index contributed by atoms with van der Waals surface area (Å²) in [6.45, 7) is 0.112. The van der Waals surface area contributed by atoms with Crippen LogP contribution in [0.3, 0.4) is 0 Å². The maximum Gasteiger partial charge on any atom is 0.418 e. The number of nitrogens with one attached hydrogen (secondary N) is 2. The molecule has 1 heterocycles. The number of fused-ring (bicyclic) bond motifs is 1. The fourth-order valence-corrected chi connectivity index (χ4v) is 2.86. The summed E-state index contributed by atoms with van der Waals surface area (Å²) >= 11 is 0. The predicted octanol–water partition coefficient (Wildman–Crippen LogP) is 3.50. The van der Waals surface area contributed by atoms with E-state index in [1.165, 1.54) is 18.2 Å². The van der Waals surface area contributed by atoms with Gasteiger partial charge < -0.3 is 20.5 Å². The van der Waals surface area contributed by atoms with Crippen LogP contribution in [0.4, 0.5) is 23.7 Å². The van der Waals surface area contributed by atoms with Crippen LogP contribution in [0.15, 0.2) is 48.5 Å². The quantitative estimate of drug-likeness (QED) is 0.779. The number of ether oxygens (including phenoxy) is 1. The Morgan fingerprint density at radius 2 is 1.85 bits per heavy atom. The van der Waals surface area contributed by atoms with Gasteiger partial charge in [-0.3, -0.25) is 0 Å². The molecule has 0 aromatic heterocycles. The van der Waals surface area contributed by atoms with Crippen LogP contribution < -0.4 is 15.4 Å². The first-order valence-corrected chi connectivity index (χ1v) is 7.95. The van der Waals surface area contributed by atoms with Crippen LogP contribution in [0.25, 0.3) is 0 Å². The van der Waals surface area contributed by atoms with Crippen LogP contribution in [0.1, 0.15) is 17.5 Å². The summed E-state index contributed by atoms with van der Waals surface area (Å²) in [7, 11) is 0. The summed E-state index contributed by atoms with van der Waals surface area (Å²) in [5.74, 6) is 0.519. The Morgan fingerprint density at radius 3 is 2.62 bits per heavy atom. The highest BCUT2D eigenvalue weighted by molar-refractivity contribution is 5.90. The maximum absolute atomic E-state index is 13.0. The molecule has 0 unspecified atom stereocenters. The fourth-order valence-electron chi connectivity index (χ4n) is 2.86. The van der Waals surface area contributed by atoms with Crippen LogP contribution in [0, 0.1) is 0 Å². The molecule has 5 nitrogen and oxygen atoms in total. The van der Waals surface area contributed by atoms with Crippen LogP contribution >= 0.6 is 0 Å². The van der Waals surface area contributed by atoms with Crippen molar-refractivity contribution >= 4 is 11.7 Å². The molecule has 3 rings (SSSR count). The number of hydrogen-bond acceptors (Lipinski definition) is 3. The number of aliphatic hydroxyl groups is 1. The summed E-state index contributed by atoms with van der Waals surface area (Å²) in [6.07, 6.45) is -4.33. The third-order valence-electron chi connectivity index (χ3n) is 4.18. The normalized spacial score (nSPS) is 19.2. The van der Waals surface area contributed by atoms with E-state index in [0.29, 0.717) is 11.3 Å². The Kier molecular flexibility index (Phi) is 4.78. The molecule has 1 aliphatic heterocycles. The Bertz CT molecular complexity index is 810. The first-order valence-electron chi connectivity index (χ1n) is 7.95. The average Bonchev–Trinajstić information content (AvgIpc) is 2.60. The summed E-state index contributed by atoms with van der Waals surface area (Å²) in [5, 5.41) is 15.4. The Hall–Kier alpha value is -2.74. The molecule has 0 fully saturated rings. The number of rotatable bonds is 3. The SMILES string of the molecule is O=C(NC[C@]1(O)CCOc2ccccc21)Nc1ccccc1C(F)(F)F. The molecule has 1 aliphatic rings. The molecule has 8 heteroatoms. The number of alkyl halides is 3. The number of amides is 2. The Morgan fingerprint density at radius 1 is 1.15 bits per heavy atom. The number of halogens is 3.